The van der Waals surface area contributed by atoms with Gasteiger partial charge >= 0.3 is 0 Å². The molecule has 1 aromatic carbocycles. The zero-order valence-electron chi connectivity index (χ0n) is 15.4. The van der Waals surface area contributed by atoms with Crippen LogP contribution in [-0.2, 0) is 4.79 Å². The maximum Gasteiger partial charge on any atom is 0.245 e. The van der Waals surface area contributed by atoms with Gasteiger partial charge in [0.2, 0.25) is 5.91 Å². The second-order valence-corrected chi connectivity index (χ2v) is 6.93. The summed E-state index contributed by atoms with van der Waals surface area (Å²) in [7, 11) is 2.10. The van der Waals surface area contributed by atoms with Gasteiger partial charge in [0.25, 0.3) is 0 Å². The molecule has 0 radical (unpaired) electrons. The summed E-state index contributed by atoms with van der Waals surface area (Å²) >= 11 is 0. The molecule has 1 fully saturated rings. The summed E-state index contributed by atoms with van der Waals surface area (Å²) in [5.41, 5.74) is 1.65. The minimum Gasteiger partial charge on any atom is -0.340 e. The van der Waals surface area contributed by atoms with Crippen LogP contribution in [0.25, 0.3) is 10.9 Å². The van der Waals surface area contributed by atoms with E-state index in [1.165, 1.54) is 0 Å². The monoisotopic (exact) mass is 341 g/mol. The number of para-hydroxylation sites is 1. The molecule has 0 saturated carbocycles. The number of aromatic nitrogens is 1. The van der Waals surface area contributed by atoms with Crippen molar-refractivity contribution in [2.24, 2.45) is 0 Å². The van der Waals surface area contributed by atoms with Crippen molar-refractivity contribution in [1.29, 1.82) is 0 Å². The van der Waals surface area contributed by atoms with Crippen LogP contribution in [0.5, 0.6) is 0 Å². The van der Waals surface area contributed by atoms with Gasteiger partial charge in [-0.25, -0.2) is 0 Å². The van der Waals surface area contributed by atoms with Gasteiger partial charge in [-0.1, -0.05) is 25.1 Å². The molecule has 1 aliphatic rings. The summed E-state index contributed by atoms with van der Waals surface area (Å²) in [6.07, 6.45) is 3.58. The number of carbonyl (C=O) groups excluding carboxylic acids is 2. The first-order valence-corrected chi connectivity index (χ1v) is 9.10. The third kappa shape index (κ3) is 3.47. The molecule has 2 heterocycles. The molecule has 0 bridgehead atoms. The van der Waals surface area contributed by atoms with Crippen molar-refractivity contribution in [2.45, 2.75) is 32.7 Å². The molecule has 134 valence electrons. The molecular formula is C20H27N3O2. The fraction of sp³-hybridized carbons (Fsp3) is 0.500. The molecule has 3 rings (SSSR count). The van der Waals surface area contributed by atoms with Crippen LogP contribution in [-0.4, -0.2) is 59.3 Å². The average molecular weight is 341 g/mol. The zero-order valence-corrected chi connectivity index (χ0v) is 15.4. The van der Waals surface area contributed by atoms with Gasteiger partial charge in [0.15, 0.2) is 5.78 Å². The number of hydrogen-bond donors (Lipinski definition) is 0. The Bertz CT molecular complexity index is 780. The van der Waals surface area contributed by atoms with Gasteiger partial charge in [0.05, 0.1) is 0 Å². The van der Waals surface area contributed by atoms with Gasteiger partial charge in [-0.3, -0.25) is 9.59 Å². The molecular weight excluding hydrogens is 314 g/mol. The van der Waals surface area contributed by atoms with E-state index in [0.717, 1.165) is 43.5 Å². The van der Waals surface area contributed by atoms with E-state index in [1.54, 1.807) is 6.92 Å². The molecule has 1 aliphatic heterocycles. The molecule has 1 saturated heterocycles. The van der Waals surface area contributed by atoms with E-state index in [4.69, 9.17) is 0 Å². The predicted octanol–water partition coefficient (Wildman–Crippen LogP) is 2.96. The Balaban J connectivity index is 1.97. The summed E-state index contributed by atoms with van der Waals surface area (Å²) < 4.78 is 2.00. The number of likely N-dealkylation sites (N-methyl/N-ethyl adjacent to an activating group) is 1. The summed E-state index contributed by atoms with van der Waals surface area (Å²) in [5.74, 6) is 0.197. The van der Waals surface area contributed by atoms with E-state index >= 15 is 0 Å². The van der Waals surface area contributed by atoms with Crippen LogP contribution >= 0.6 is 0 Å². The number of rotatable bonds is 4. The minimum absolute atomic E-state index is 0.0358. The van der Waals surface area contributed by atoms with Crippen LogP contribution in [0.4, 0.5) is 0 Å². The van der Waals surface area contributed by atoms with Gasteiger partial charge in [-0.2, -0.15) is 0 Å². The number of fused-ring (bicyclic) bond motifs is 1. The number of hydrogen-bond acceptors (Lipinski definition) is 3. The number of Topliss-reactive ketones (excluding diaryl/α,β-unsaturated/α-hetero) is 1. The smallest absolute Gasteiger partial charge is 0.245 e. The van der Waals surface area contributed by atoms with E-state index in [-0.39, 0.29) is 17.7 Å². The molecule has 2 aromatic rings. The predicted molar refractivity (Wildman–Crippen MR) is 100.0 cm³/mol. The maximum atomic E-state index is 13.2. The van der Waals surface area contributed by atoms with E-state index in [9.17, 15) is 9.59 Å². The van der Waals surface area contributed by atoms with Crippen molar-refractivity contribution in [3.05, 3.63) is 36.0 Å². The van der Waals surface area contributed by atoms with E-state index in [2.05, 4.69) is 11.9 Å². The second kappa shape index (κ2) is 7.40. The number of ketones is 1. The van der Waals surface area contributed by atoms with Gasteiger partial charge in [-0.15, -0.1) is 0 Å². The summed E-state index contributed by atoms with van der Waals surface area (Å²) in [5, 5.41) is 0.928. The highest BCUT2D eigenvalue weighted by atomic mass is 16.2. The van der Waals surface area contributed by atoms with E-state index in [1.807, 2.05) is 46.9 Å². The number of carbonyl (C=O) groups is 2. The molecule has 5 nitrogen and oxygen atoms in total. The first-order chi connectivity index (χ1) is 12.0. The van der Waals surface area contributed by atoms with Crippen LogP contribution in [0.2, 0.25) is 0 Å². The molecule has 5 heteroatoms. The molecule has 0 spiro atoms. The second-order valence-electron chi connectivity index (χ2n) is 6.93. The highest BCUT2D eigenvalue weighted by Crippen LogP contribution is 2.28. The lowest BCUT2D eigenvalue weighted by Gasteiger charge is -2.27. The Morgan fingerprint density at radius 2 is 1.88 bits per heavy atom. The molecule has 25 heavy (non-hydrogen) atoms. The van der Waals surface area contributed by atoms with Gasteiger partial charge < -0.3 is 14.4 Å². The lowest BCUT2D eigenvalue weighted by Crippen LogP contribution is -2.39. The first kappa shape index (κ1) is 17.7. The SMILES string of the molecule is CC[C@H](C(=O)N1CCCN(C)CC1)n1cc(C(C)=O)c2ccccc21. The molecule has 0 N–H and O–H groups in total. The fourth-order valence-corrected chi connectivity index (χ4v) is 3.71. The first-order valence-electron chi connectivity index (χ1n) is 9.10. The Hall–Kier alpha value is -2.14. The number of amides is 1. The Labute approximate surface area is 149 Å². The Kier molecular flexibility index (Phi) is 5.23. The molecule has 1 amide bonds. The highest BCUT2D eigenvalue weighted by molar-refractivity contribution is 6.07. The van der Waals surface area contributed by atoms with Crippen LogP contribution in [0.1, 0.15) is 43.1 Å². The lowest BCUT2D eigenvalue weighted by molar-refractivity contribution is -0.134. The largest absolute Gasteiger partial charge is 0.340 e. The van der Waals surface area contributed by atoms with Gasteiger partial charge in [-0.05, 0) is 39.4 Å². The maximum absolute atomic E-state index is 13.2. The Morgan fingerprint density at radius 3 is 2.60 bits per heavy atom. The summed E-state index contributed by atoms with van der Waals surface area (Å²) in [4.78, 5) is 29.5. The third-order valence-corrected chi connectivity index (χ3v) is 5.16. The van der Waals surface area contributed by atoms with Crippen LogP contribution in [0.3, 0.4) is 0 Å². The zero-order chi connectivity index (χ0) is 18.0. The number of nitrogens with zero attached hydrogens (tertiary/aromatic N) is 3. The van der Waals surface area contributed by atoms with Gasteiger partial charge in [0, 0.05) is 42.3 Å². The quantitative estimate of drug-likeness (QED) is 0.803. The van der Waals surface area contributed by atoms with Crippen LogP contribution in [0, 0.1) is 0 Å². The molecule has 1 aromatic heterocycles. The third-order valence-electron chi connectivity index (χ3n) is 5.16. The van der Waals surface area contributed by atoms with E-state index in [0.29, 0.717) is 12.0 Å². The standard InChI is InChI=1S/C20H27N3O2/c1-4-18(20(25)22-11-7-10-21(3)12-13-22)23-14-17(15(2)24)16-8-5-6-9-19(16)23/h5-6,8-9,14,18H,4,7,10-13H2,1-3H3/t18-/m1/s1. The molecule has 0 unspecified atom stereocenters. The van der Waals surface area contributed by atoms with Crippen molar-refractivity contribution >= 4 is 22.6 Å². The van der Waals surface area contributed by atoms with Crippen LogP contribution in [0.15, 0.2) is 30.5 Å². The highest BCUT2D eigenvalue weighted by Gasteiger charge is 2.27. The number of benzene rings is 1. The normalized spacial score (nSPS) is 17.5. The minimum atomic E-state index is -0.263. The van der Waals surface area contributed by atoms with Gasteiger partial charge in [0.1, 0.15) is 6.04 Å². The van der Waals surface area contributed by atoms with Crippen LogP contribution < -0.4 is 0 Å². The topological polar surface area (TPSA) is 45.6 Å². The fourth-order valence-electron chi connectivity index (χ4n) is 3.71. The van der Waals surface area contributed by atoms with Crippen molar-refractivity contribution in [1.82, 2.24) is 14.4 Å². The summed E-state index contributed by atoms with van der Waals surface area (Å²) in [6.45, 7) is 7.13. The van der Waals surface area contributed by atoms with E-state index < -0.39 is 0 Å². The van der Waals surface area contributed by atoms with Crippen molar-refractivity contribution in [2.75, 3.05) is 33.2 Å². The summed E-state index contributed by atoms with van der Waals surface area (Å²) in [6, 6.07) is 7.59. The molecule has 1 atom stereocenters. The van der Waals surface area contributed by atoms with Crippen molar-refractivity contribution in [3.63, 3.8) is 0 Å². The molecule has 0 aliphatic carbocycles. The van der Waals surface area contributed by atoms with Crippen molar-refractivity contribution < 1.29 is 9.59 Å². The average Bonchev–Trinajstić information content (AvgIpc) is 2.84. The Morgan fingerprint density at radius 1 is 1.12 bits per heavy atom. The lowest BCUT2D eigenvalue weighted by atomic mass is 10.1. The van der Waals surface area contributed by atoms with Crippen molar-refractivity contribution in [3.8, 4) is 0 Å².